The molecular weight excluding hydrogens is 352 g/mol. The van der Waals surface area contributed by atoms with Gasteiger partial charge in [0.2, 0.25) is 0 Å². The number of ether oxygens (including phenoxy) is 1. The number of fused-ring (bicyclic) bond motifs is 1. The summed E-state index contributed by atoms with van der Waals surface area (Å²) in [4.78, 5) is 51.5. The molecule has 2 rings (SSSR count). The number of nitrogens with zero attached hydrogens (tertiary/aromatic N) is 2. The number of amides is 3. The number of hydrogen-bond acceptors (Lipinski definition) is 6. The van der Waals surface area contributed by atoms with Crippen LogP contribution in [-0.2, 0) is 16.1 Å². The first-order valence-electron chi connectivity index (χ1n) is 8.63. The van der Waals surface area contributed by atoms with E-state index in [0.29, 0.717) is 29.8 Å². The monoisotopic (exact) mass is 374 g/mol. The van der Waals surface area contributed by atoms with Gasteiger partial charge >= 0.3 is 12.0 Å². The molecule has 0 spiro atoms. The minimum absolute atomic E-state index is 0.182. The smallest absolute Gasteiger partial charge is 0.338 e. The zero-order valence-corrected chi connectivity index (χ0v) is 15.5. The van der Waals surface area contributed by atoms with Gasteiger partial charge in [0.1, 0.15) is 5.69 Å². The fourth-order valence-corrected chi connectivity index (χ4v) is 2.48. The summed E-state index contributed by atoms with van der Waals surface area (Å²) in [6.45, 7) is 5.65. The molecule has 0 aliphatic heterocycles. The third-order valence-corrected chi connectivity index (χ3v) is 3.78. The van der Waals surface area contributed by atoms with Crippen LogP contribution in [-0.4, -0.2) is 40.6 Å². The van der Waals surface area contributed by atoms with Gasteiger partial charge < -0.3 is 14.6 Å². The van der Waals surface area contributed by atoms with Crippen LogP contribution in [0, 0.1) is 6.92 Å². The lowest BCUT2D eigenvalue weighted by Gasteiger charge is -2.10. The molecule has 2 aromatic rings. The van der Waals surface area contributed by atoms with E-state index in [1.54, 1.807) is 17.6 Å². The van der Waals surface area contributed by atoms with Crippen molar-refractivity contribution in [2.45, 2.75) is 33.7 Å². The van der Waals surface area contributed by atoms with Crippen molar-refractivity contribution in [3.63, 3.8) is 0 Å². The number of hydrogen-bond donors (Lipinski definition) is 2. The van der Waals surface area contributed by atoms with Crippen molar-refractivity contribution in [3.05, 3.63) is 39.8 Å². The first-order chi connectivity index (χ1) is 12.9. The lowest BCUT2D eigenvalue weighted by Crippen LogP contribution is -2.41. The van der Waals surface area contributed by atoms with Crippen LogP contribution in [0.15, 0.2) is 23.0 Å². The van der Waals surface area contributed by atoms with Crippen LogP contribution < -0.4 is 16.2 Å². The predicted octanol–water partition coefficient (Wildman–Crippen LogP) is 1.12. The maximum atomic E-state index is 12.2. The van der Waals surface area contributed by atoms with Crippen molar-refractivity contribution < 1.29 is 19.1 Å². The second kappa shape index (κ2) is 8.93. The Kier molecular flexibility index (Phi) is 6.64. The lowest BCUT2D eigenvalue weighted by molar-refractivity contribution is -0.123. The van der Waals surface area contributed by atoms with Crippen LogP contribution in [0.2, 0.25) is 0 Å². The molecule has 0 bridgehead atoms. The third kappa shape index (κ3) is 4.90. The van der Waals surface area contributed by atoms with Gasteiger partial charge in [-0.15, -0.1) is 0 Å². The number of benzene rings is 1. The molecular formula is C18H22N4O5. The number of rotatable bonds is 6. The summed E-state index contributed by atoms with van der Waals surface area (Å²) >= 11 is 0. The maximum Gasteiger partial charge on any atom is 0.338 e. The first kappa shape index (κ1) is 20.1. The summed E-state index contributed by atoms with van der Waals surface area (Å²) in [5.74, 6) is -1.46. The van der Waals surface area contributed by atoms with Gasteiger partial charge in [0.05, 0.1) is 16.6 Å². The number of carbonyl (C=O) groups is 3. The van der Waals surface area contributed by atoms with Gasteiger partial charge in [-0.05, 0) is 38.5 Å². The molecule has 1 heterocycles. The van der Waals surface area contributed by atoms with E-state index < -0.39 is 24.5 Å². The van der Waals surface area contributed by atoms with Crippen LogP contribution in [0.3, 0.4) is 0 Å². The van der Waals surface area contributed by atoms with Gasteiger partial charge in [-0.3, -0.25) is 14.9 Å². The highest BCUT2D eigenvalue weighted by atomic mass is 16.5. The molecule has 0 radical (unpaired) electrons. The van der Waals surface area contributed by atoms with Crippen molar-refractivity contribution in [3.8, 4) is 0 Å². The van der Waals surface area contributed by atoms with Gasteiger partial charge in [0, 0.05) is 13.1 Å². The van der Waals surface area contributed by atoms with Crippen molar-refractivity contribution in [1.29, 1.82) is 0 Å². The van der Waals surface area contributed by atoms with Crippen LogP contribution >= 0.6 is 0 Å². The van der Waals surface area contributed by atoms with Crippen LogP contribution in [0.5, 0.6) is 0 Å². The third-order valence-electron chi connectivity index (χ3n) is 3.78. The van der Waals surface area contributed by atoms with Crippen molar-refractivity contribution in [2.24, 2.45) is 0 Å². The predicted molar refractivity (Wildman–Crippen MR) is 98.5 cm³/mol. The van der Waals surface area contributed by atoms with E-state index >= 15 is 0 Å². The fourth-order valence-electron chi connectivity index (χ4n) is 2.48. The van der Waals surface area contributed by atoms with E-state index in [2.05, 4.69) is 15.6 Å². The Hall–Kier alpha value is -3.23. The van der Waals surface area contributed by atoms with E-state index in [1.807, 2.05) is 13.8 Å². The average molecular weight is 374 g/mol. The van der Waals surface area contributed by atoms with Gasteiger partial charge in [0.25, 0.3) is 11.5 Å². The van der Waals surface area contributed by atoms with E-state index in [1.165, 1.54) is 12.1 Å². The summed E-state index contributed by atoms with van der Waals surface area (Å²) in [5.41, 5.74) is 1.42. The molecule has 0 aliphatic rings. The Bertz CT molecular complexity index is 935. The second-order valence-corrected chi connectivity index (χ2v) is 5.83. The van der Waals surface area contributed by atoms with Gasteiger partial charge in [-0.1, -0.05) is 6.92 Å². The highest BCUT2D eigenvalue weighted by molar-refractivity contribution is 5.98. The standard InChI is InChI=1S/C18H22N4O5/c1-4-8-19-18(26)21-15(23)10-27-17(25)12-6-7-14-13(9-12)20-11(3)16(24)22(14)5-2/h6-7,9H,4-5,8,10H2,1-3H3,(H2,19,21,23,26). The molecule has 1 aromatic carbocycles. The molecule has 0 saturated heterocycles. The molecule has 2 N–H and O–H groups in total. The number of esters is 1. The highest BCUT2D eigenvalue weighted by Crippen LogP contribution is 2.14. The number of urea groups is 1. The topological polar surface area (TPSA) is 119 Å². The molecule has 9 nitrogen and oxygen atoms in total. The minimum atomic E-state index is -0.730. The number of carbonyl (C=O) groups excluding carboxylic acids is 3. The Morgan fingerprint density at radius 3 is 2.63 bits per heavy atom. The Morgan fingerprint density at radius 1 is 1.22 bits per heavy atom. The molecule has 3 amide bonds. The average Bonchev–Trinajstić information content (AvgIpc) is 2.65. The summed E-state index contributed by atoms with van der Waals surface area (Å²) in [5, 5.41) is 4.54. The van der Waals surface area contributed by atoms with E-state index in [-0.39, 0.29) is 11.1 Å². The number of aryl methyl sites for hydroxylation is 2. The summed E-state index contributed by atoms with van der Waals surface area (Å²) in [6, 6.07) is 3.98. The van der Waals surface area contributed by atoms with Gasteiger partial charge in [0.15, 0.2) is 6.61 Å². The second-order valence-electron chi connectivity index (χ2n) is 5.83. The Morgan fingerprint density at radius 2 is 1.96 bits per heavy atom. The zero-order valence-electron chi connectivity index (χ0n) is 15.5. The van der Waals surface area contributed by atoms with Crippen LogP contribution in [0.25, 0.3) is 11.0 Å². The summed E-state index contributed by atoms with van der Waals surface area (Å²) in [6.07, 6.45) is 0.734. The largest absolute Gasteiger partial charge is 0.452 e. The summed E-state index contributed by atoms with van der Waals surface area (Å²) < 4.78 is 6.49. The fraction of sp³-hybridized carbons (Fsp3) is 0.389. The first-order valence-corrected chi connectivity index (χ1v) is 8.63. The minimum Gasteiger partial charge on any atom is -0.452 e. The van der Waals surface area contributed by atoms with E-state index in [9.17, 15) is 19.2 Å². The van der Waals surface area contributed by atoms with Crippen LogP contribution in [0.1, 0.15) is 36.3 Å². The molecule has 1 aromatic heterocycles. The SMILES string of the molecule is CCCNC(=O)NC(=O)COC(=O)c1ccc2c(c1)nc(C)c(=O)n2CC. The summed E-state index contributed by atoms with van der Waals surface area (Å²) in [7, 11) is 0. The Labute approximate surface area is 155 Å². The van der Waals surface area contributed by atoms with Gasteiger partial charge in [-0.25, -0.2) is 14.6 Å². The number of aromatic nitrogens is 2. The molecule has 0 saturated carbocycles. The maximum absolute atomic E-state index is 12.2. The van der Waals surface area contributed by atoms with Crippen molar-refractivity contribution >= 4 is 28.9 Å². The number of imide groups is 1. The normalized spacial score (nSPS) is 10.5. The molecule has 9 heteroatoms. The van der Waals surface area contributed by atoms with E-state index in [0.717, 1.165) is 6.42 Å². The van der Waals surface area contributed by atoms with Crippen molar-refractivity contribution in [1.82, 2.24) is 20.2 Å². The van der Waals surface area contributed by atoms with E-state index in [4.69, 9.17) is 4.74 Å². The molecule has 0 fully saturated rings. The lowest BCUT2D eigenvalue weighted by atomic mass is 10.2. The van der Waals surface area contributed by atoms with Crippen molar-refractivity contribution in [2.75, 3.05) is 13.2 Å². The van der Waals surface area contributed by atoms with Gasteiger partial charge in [-0.2, -0.15) is 0 Å². The quantitative estimate of drug-likeness (QED) is 0.731. The Balaban J connectivity index is 2.07. The molecule has 0 atom stereocenters. The molecule has 144 valence electrons. The molecule has 0 aliphatic carbocycles. The highest BCUT2D eigenvalue weighted by Gasteiger charge is 2.14. The zero-order chi connectivity index (χ0) is 20.0. The molecule has 27 heavy (non-hydrogen) atoms. The number of nitrogens with one attached hydrogen (secondary N) is 2. The van der Waals surface area contributed by atoms with Crippen LogP contribution in [0.4, 0.5) is 4.79 Å². The molecule has 0 unspecified atom stereocenters.